The molecule has 0 radical (unpaired) electrons. The molecule has 1 N–H and O–H groups in total. The lowest BCUT2D eigenvalue weighted by Gasteiger charge is -2.53. The summed E-state index contributed by atoms with van der Waals surface area (Å²) in [5, 5.41) is 3.40. The molecule has 36 heavy (non-hydrogen) atoms. The van der Waals surface area contributed by atoms with Crippen molar-refractivity contribution in [2.45, 2.75) is 77.2 Å². The fourth-order valence-corrected chi connectivity index (χ4v) is 7.47. The molecule has 1 aliphatic heterocycles. The molecular weight excluding hydrogens is 442 g/mol. The van der Waals surface area contributed by atoms with E-state index in [-0.39, 0.29) is 28.9 Å². The Kier molecular flexibility index (Phi) is 5.83. The second kappa shape index (κ2) is 8.91. The minimum atomic E-state index is -0.915. The van der Waals surface area contributed by atoms with Crippen molar-refractivity contribution < 1.29 is 9.59 Å². The Hall–Kier alpha value is -2.86. The number of piperidine rings is 1. The first-order valence-electron chi connectivity index (χ1n) is 14.0. The number of amides is 1. The number of carbonyl (C=O) groups excluding carboxylic acids is 2. The highest BCUT2D eigenvalue weighted by atomic mass is 16.2. The molecule has 3 heteroatoms. The molecule has 6 rings (SSSR count). The molecule has 1 amide bonds. The summed E-state index contributed by atoms with van der Waals surface area (Å²) in [6.45, 7) is 3.98. The average molecular weight is 480 g/mol. The van der Waals surface area contributed by atoms with Crippen LogP contribution in [0.4, 0.5) is 0 Å². The molecule has 2 saturated carbocycles. The third-order valence-corrected chi connectivity index (χ3v) is 9.74. The van der Waals surface area contributed by atoms with Crippen molar-refractivity contribution in [3.8, 4) is 11.8 Å². The Balaban J connectivity index is 1.38. The molecule has 3 aliphatic carbocycles. The summed E-state index contributed by atoms with van der Waals surface area (Å²) in [6, 6.07) is 17.2. The van der Waals surface area contributed by atoms with E-state index in [1.807, 2.05) is 6.92 Å². The summed E-state index contributed by atoms with van der Waals surface area (Å²) in [4.78, 5) is 27.9. The van der Waals surface area contributed by atoms with Crippen LogP contribution in [0.3, 0.4) is 0 Å². The number of Topliss-reactive ketones (excluding diaryl/α,β-unsaturated/α-hetero) is 1. The van der Waals surface area contributed by atoms with E-state index in [4.69, 9.17) is 0 Å². The highest BCUT2D eigenvalue weighted by Crippen LogP contribution is 2.61. The average Bonchev–Trinajstić information content (AvgIpc) is 3.69. The second-order valence-electron chi connectivity index (χ2n) is 11.9. The van der Waals surface area contributed by atoms with E-state index in [2.05, 4.69) is 72.6 Å². The summed E-state index contributed by atoms with van der Waals surface area (Å²) < 4.78 is 0. The maximum absolute atomic E-state index is 14.5. The van der Waals surface area contributed by atoms with E-state index in [1.54, 1.807) is 0 Å². The molecule has 3 atom stereocenters. The van der Waals surface area contributed by atoms with Crippen molar-refractivity contribution in [2.75, 3.05) is 0 Å². The minimum Gasteiger partial charge on any atom is -0.339 e. The Morgan fingerprint density at radius 2 is 1.75 bits per heavy atom. The molecule has 2 spiro atoms. The molecule has 1 saturated heterocycles. The number of ketones is 1. The Morgan fingerprint density at radius 3 is 2.44 bits per heavy atom. The predicted molar refractivity (Wildman–Crippen MR) is 142 cm³/mol. The van der Waals surface area contributed by atoms with Gasteiger partial charge in [0.2, 0.25) is 5.91 Å². The van der Waals surface area contributed by atoms with Crippen LogP contribution < -0.4 is 5.32 Å². The first-order chi connectivity index (χ1) is 17.5. The molecule has 0 bridgehead atoms. The van der Waals surface area contributed by atoms with Gasteiger partial charge in [-0.25, -0.2) is 0 Å². The van der Waals surface area contributed by atoms with Gasteiger partial charge in [-0.15, -0.1) is 0 Å². The maximum atomic E-state index is 14.5. The Morgan fingerprint density at radius 1 is 1.00 bits per heavy atom. The van der Waals surface area contributed by atoms with Gasteiger partial charge in [-0.1, -0.05) is 62.1 Å². The van der Waals surface area contributed by atoms with E-state index in [1.165, 1.54) is 24.0 Å². The van der Waals surface area contributed by atoms with E-state index in [9.17, 15) is 9.59 Å². The van der Waals surface area contributed by atoms with Gasteiger partial charge in [-0.3, -0.25) is 9.59 Å². The standard InChI is InChI=1S/C33H37NO2/c1-3-28-22(2)31(36)34-33(30(28)35)29-20-25(12-11-23-9-10-23)13-14-27(29)21-32(33)17-15-26(16-18-32)19-24-7-5-4-6-8-24/h4-8,13-14,20,22-23,26,28H,3,9-10,15-19,21H2,1-2H3,(H,34,36). The molecule has 3 unspecified atom stereocenters. The third-order valence-electron chi connectivity index (χ3n) is 9.74. The zero-order valence-corrected chi connectivity index (χ0v) is 21.6. The van der Waals surface area contributed by atoms with Crippen LogP contribution >= 0.6 is 0 Å². The highest BCUT2D eigenvalue weighted by Gasteiger charge is 2.66. The van der Waals surface area contributed by atoms with Gasteiger partial charge in [-0.05, 0) is 92.5 Å². The number of hydrogen-bond donors (Lipinski definition) is 1. The molecule has 3 nitrogen and oxygen atoms in total. The summed E-state index contributed by atoms with van der Waals surface area (Å²) in [5.74, 6) is 7.67. The van der Waals surface area contributed by atoms with Gasteiger partial charge in [-0.2, -0.15) is 0 Å². The van der Waals surface area contributed by atoms with Gasteiger partial charge in [0.15, 0.2) is 5.78 Å². The van der Waals surface area contributed by atoms with Crippen LogP contribution in [-0.4, -0.2) is 11.7 Å². The van der Waals surface area contributed by atoms with Gasteiger partial charge in [0.25, 0.3) is 0 Å². The van der Waals surface area contributed by atoms with Gasteiger partial charge in [0.1, 0.15) is 5.54 Å². The normalized spacial score (nSPS) is 33.2. The van der Waals surface area contributed by atoms with Crippen LogP contribution in [0.5, 0.6) is 0 Å². The van der Waals surface area contributed by atoms with E-state index < -0.39 is 5.54 Å². The summed E-state index contributed by atoms with van der Waals surface area (Å²) in [5.41, 5.74) is 3.47. The lowest BCUT2D eigenvalue weighted by molar-refractivity contribution is -0.155. The molecule has 0 aromatic heterocycles. The molecule has 3 fully saturated rings. The van der Waals surface area contributed by atoms with Crippen molar-refractivity contribution in [2.24, 2.45) is 29.1 Å². The maximum Gasteiger partial charge on any atom is 0.224 e. The van der Waals surface area contributed by atoms with Crippen molar-refractivity contribution in [3.63, 3.8) is 0 Å². The topological polar surface area (TPSA) is 46.2 Å². The zero-order chi connectivity index (χ0) is 24.9. The largest absolute Gasteiger partial charge is 0.339 e. The smallest absolute Gasteiger partial charge is 0.224 e. The number of nitrogens with one attached hydrogen (secondary N) is 1. The predicted octanol–water partition coefficient (Wildman–Crippen LogP) is 5.98. The minimum absolute atomic E-state index is 0.0366. The Labute approximate surface area is 215 Å². The SMILES string of the molecule is CCC1C(=O)C2(NC(=O)C1C)c1cc(C#CC3CC3)ccc1CC21CCC(Cc2ccccc2)CC1. The van der Waals surface area contributed by atoms with Crippen LogP contribution in [0.2, 0.25) is 0 Å². The van der Waals surface area contributed by atoms with E-state index in [0.29, 0.717) is 18.3 Å². The summed E-state index contributed by atoms with van der Waals surface area (Å²) >= 11 is 0. The fraction of sp³-hybridized carbons (Fsp3) is 0.515. The molecule has 2 aromatic rings. The molecular formula is C33H37NO2. The highest BCUT2D eigenvalue weighted by molar-refractivity contribution is 6.03. The number of carbonyl (C=O) groups is 2. The molecule has 1 heterocycles. The van der Waals surface area contributed by atoms with Crippen molar-refractivity contribution in [3.05, 3.63) is 70.8 Å². The molecule has 186 valence electrons. The number of rotatable bonds is 3. The fourth-order valence-electron chi connectivity index (χ4n) is 7.47. The van der Waals surface area contributed by atoms with E-state index >= 15 is 0 Å². The summed E-state index contributed by atoms with van der Waals surface area (Å²) in [7, 11) is 0. The van der Waals surface area contributed by atoms with Gasteiger partial charge < -0.3 is 5.32 Å². The van der Waals surface area contributed by atoms with Gasteiger partial charge in [0, 0.05) is 28.7 Å². The second-order valence-corrected chi connectivity index (χ2v) is 11.9. The zero-order valence-electron chi connectivity index (χ0n) is 21.6. The number of fused-ring (bicyclic) bond motifs is 3. The van der Waals surface area contributed by atoms with Crippen LogP contribution in [0.1, 0.15) is 81.0 Å². The van der Waals surface area contributed by atoms with Crippen LogP contribution in [0.25, 0.3) is 0 Å². The summed E-state index contributed by atoms with van der Waals surface area (Å²) in [6.07, 6.45) is 9.18. The van der Waals surface area contributed by atoms with Gasteiger partial charge in [0.05, 0.1) is 0 Å². The third kappa shape index (κ3) is 3.73. The van der Waals surface area contributed by atoms with E-state index in [0.717, 1.165) is 49.7 Å². The van der Waals surface area contributed by atoms with Crippen LogP contribution in [-0.2, 0) is 28.0 Å². The molecule has 2 aromatic carbocycles. The van der Waals surface area contributed by atoms with Crippen molar-refractivity contribution in [1.82, 2.24) is 5.32 Å². The van der Waals surface area contributed by atoms with Crippen molar-refractivity contribution >= 4 is 11.7 Å². The molecule has 4 aliphatic rings. The van der Waals surface area contributed by atoms with Crippen LogP contribution in [0.15, 0.2) is 48.5 Å². The van der Waals surface area contributed by atoms with Gasteiger partial charge >= 0.3 is 0 Å². The number of hydrogen-bond acceptors (Lipinski definition) is 2. The Bertz CT molecular complexity index is 1240. The quantitative estimate of drug-likeness (QED) is 0.551. The first-order valence-corrected chi connectivity index (χ1v) is 14.0. The lowest BCUT2D eigenvalue weighted by Crippen LogP contribution is -2.68. The van der Waals surface area contributed by atoms with Crippen LogP contribution in [0, 0.1) is 40.9 Å². The first kappa shape index (κ1) is 23.5. The van der Waals surface area contributed by atoms with Crippen molar-refractivity contribution in [1.29, 1.82) is 0 Å². The monoisotopic (exact) mass is 479 g/mol. The number of benzene rings is 2. The lowest BCUT2D eigenvalue weighted by atomic mass is 9.55.